The Labute approximate surface area is 165 Å². The highest BCUT2D eigenvalue weighted by molar-refractivity contribution is 7.51. The topological polar surface area (TPSA) is 106 Å². The number of hydrogen-bond donors (Lipinski definition) is 2. The summed E-state index contributed by atoms with van der Waals surface area (Å²) in [5.74, 6) is 0.896. The van der Waals surface area contributed by atoms with Gasteiger partial charge in [-0.05, 0) is 44.5 Å². The van der Waals surface area contributed by atoms with Crippen molar-refractivity contribution in [2.75, 3.05) is 0 Å². The van der Waals surface area contributed by atoms with E-state index >= 15 is 0 Å². The zero-order valence-corrected chi connectivity index (χ0v) is 16.5. The molecule has 148 valence electrons. The number of benzene rings is 2. The third kappa shape index (κ3) is 5.43. The van der Waals surface area contributed by atoms with Crippen LogP contribution in [0.4, 0.5) is 0 Å². The van der Waals surface area contributed by atoms with Gasteiger partial charge in [0.25, 0.3) is 0 Å². The van der Waals surface area contributed by atoms with Crippen molar-refractivity contribution in [1.29, 1.82) is 0 Å². The molecule has 3 rings (SSSR count). The van der Waals surface area contributed by atoms with Crippen molar-refractivity contribution in [3.63, 3.8) is 0 Å². The first-order valence-electron chi connectivity index (χ1n) is 8.61. The number of fused-ring (bicyclic) bond motifs is 1. The van der Waals surface area contributed by atoms with E-state index in [-0.39, 0.29) is 11.8 Å². The van der Waals surface area contributed by atoms with Crippen LogP contribution in [-0.4, -0.2) is 30.6 Å². The fourth-order valence-electron chi connectivity index (χ4n) is 2.49. The number of ether oxygens (including phenoxy) is 2. The van der Waals surface area contributed by atoms with E-state index in [2.05, 4.69) is 4.98 Å². The van der Waals surface area contributed by atoms with Gasteiger partial charge in [0.05, 0.1) is 11.6 Å². The van der Waals surface area contributed by atoms with Crippen molar-refractivity contribution in [3.8, 4) is 17.2 Å². The summed E-state index contributed by atoms with van der Waals surface area (Å²) in [5.41, 5.74) is 1.94. The van der Waals surface area contributed by atoms with Gasteiger partial charge >= 0.3 is 17.5 Å². The summed E-state index contributed by atoms with van der Waals surface area (Å²) in [4.78, 5) is 14.2. The van der Waals surface area contributed by atoms with Gasteiger partial charge in [0, 0.05) is 11.5 Å². The molecule has 1 heterocycles. The van der Waals surface area contributed by atoms with Gasteiger partial charge in [0.2, 0.25) is 0 Å². The number of aryl methyl sites for hydroxylation is 1. The number of rotatable bonds is 6. The molecule has 7 nitrogen and oxygen atoms in total. The van der Waals surface area contributed by atoms with Gasteiger partial charge in [-0.25, -0.2) is 4.79 Å². The molecule has 1 unspecified atom stereocenters. The van der Waals surface area contributed by atoms with E-state index in [0.29, 0.717) is 22.8 Å². The molecule has 1 atom stereocenters. The number of nitrogens with one attached hydrogen (secondary N) is 1. The quantitative estimate of drug-likeness (QED) is 0.629. The van der Waals surface area contributed by atoms with Crippen LogP contribution in [0.2, 0.25) is 0 Å². The minimum Gasteiger partial charge on any atom is -0.488 e. The molecule has 28 heavy (non-hydrogen) atoms. The lowest BCUT2D eigenvalue weighted by Gasteiger charge is -2.15. The number of carbonyl (C=O) groups is 1. The molecule has 2 N–H and O–H groups in total. The van der Waals surface area contributed by atoms with Gasteiger partial charge in [0.1, 0.15) is 22.9 Å². The van der Waals surface area contributed by atoms with Crippen LogP contribution in [0.1, 0.15) is 36.3 Å². The number of aromatic carboxylic acids is 1. The fraction of sp³-hybridized carbons (Fsp3) is 0.250. The summed E-state index contributed by atoms with van der Waals surface area (Å²) >= 11 is -0.750. The molecule has 8 heteroatoms. The number of carboxylic acid groups (broad SMARTS) is 1. The standard InChI is InChI=1S/C20H21NO4.O2S/c1-4-13(3)24-18-11-16(25-15-7-5-12(2)6-8-15)9-14-10-17(20(22)23)21-19(14)18;1-3-2/h5-11,13,21H,4H2,1-3H3,(H,22,23);. The minimum atomic E-state index is -1.01. The van der Waals surface area contributed by atoms with E-state index in [1.165, 1.54) is 0 Å². The van der Waals surface area contributed by atoms with E-state index in [0.717, 1.165) is 17.4 Å². The zero-order valence-electron chi connectivity index (χ0n) is 15.7. The molecule has 0 amide bonds. The molecule has 0 aliphatic carbocycles. The summed E-state index contributed by atoms with van der Waals surface area (Å²) in [6.45, 7) is 6.02. The molecule has 0 aliphatic rings. The lowest BCUT2D eigenvalue weighted by molar-refractivity contribution is 0.0691. The Balaban J connectivity index is 0.000000878. The highest BCUT2D eigenvalue weighted by Crippen LogP contribution is 2.34. The molecule has 0 fully saturated rings. The van der Waals surface area contributed by atoms with Crippen LogP contribution >= 0.6 is 0 Å². The van der Waals surface area contributed by atoms with Crippen LogP contribution in [-0.2, 0) is 11.6 Å². The molecule has 3 aromatic rings. The Morgan fingerprint density at radius 3 is 2.36 bits per heavy atom. The maximum absolute atomic E-state index is 11.3. The van der Waals surface area contributed by atoms with Gasteiger partial charge in [-0.1, -0.05) is 24.6 Å². The molecule has 0 spiro atoms. The van der Waals surface area contributed by atoms with Crippen molar-refractivity contribution in [3.05, 3.63) is 53.7 Å². The van der Waals surface area contributed by atoms with E-state index in [9.17, 15) is 9.90 Å². The van der Waals surface area contributed by atoms with Crippen molar-refractivity contribution in [2.24, 2.45) is 0 Å². The van der Waals surface area contributed by atoms with Gasteiger partial charge < -0.3 is 19.6 Å². The fourth-order valence-corrected chi connectivity index (χ4v) is 2.49. The van der Waals surface area contributed by atoms with Crippen LogP contribution in [0.15, 0.2) is 42.5 Å². The molecule has 0 bridgehead atoms. The first-order chi connectivity index (χ1) is 13.4. The molecule has 0 saturated heterocycles. The second-order valence-electron chi connectivity index (χ2n) is 6.19. The Morgan fingerprint density at radius 1 is 1.14 bits per heavy atom. The molecule has 0 aliphatic heterocycles. The lowest BCUT2D eigenvalue weighted by atomic mass is 10.2. The highest BCUT2D eigenvalue weighted by atomic mass is 32.1. The summed E-state index contributed by atoms with van der Waals surface area (Å²) in [6.07, 6.45) is 0.853. The van der Waals surface area contributed by atoms with E-state index < -0.39 is 17.5 Å². The SMILES string of the molecule is CCC(C)Oc1cc(Oc2ccc(C)cc2)cc2cc(C(=O)O)[nH]c12.O=S=O. The largest absolute Gasteiger partial charge is 0.488 e. The Kier molecular flexibility index (Phi) is 7.34. The van der Waals surface area contributed by atoms with Crippen molar-refractivity contribution < 1.29 is 27.8 Å². The number of H-pyrrole nitrogens is 1. The number of carboxylic acids is 1. The summed E-state index contributed by atoms with van der Waals surface area (Å²) in [5, 5.41) is 9.97. The van der Waals surface area contributed by atoms with Crippen LogP contribution in [0.3, 0.4) is 0 Å². The summed E-state index contributed by atoms with van der Waals surface area (Å²) < 4.78 is 28.5. The lowest BCUT2D eigenvalue weighted by Crippen LogP contribution is -2.10. The summed E-state index contributed by atoms with van der Waals surface area (Å²) in [6, 6.07) is 12.9. The van der Waals surface area contributed by atoms with E-state index in [4.69, 9.17) is 17.9 Å². The second-order valence-corrected chi connectivity index (χ2v) is 6.33. The molecule has 0 saturated carbocycles. The highest BCUT2D eigenvalue weighted by Gasteiger charge is 2.15. The summed E-state index contributed by atoms with van der Waals surface area (Å²) in [7, 11) is 0. The minimum absolute atomic E-state index is 0.00871. The Hall–Kier alpha value is -3.13. The second kappa shape index (κ2) is 9.70. The zero-order chi connectivity index (χ0) is 20.7. The third-order valence-corrected chi connectivity index (χ3v) is 4.06. The van der Waals surface area contributed by atoms with Crippen molar-refractivity contribution in [2.45, 2.75) is 33.3 Å². The van der Waals surface area contributed by atoms with Gasteiger partial charge in [-0.2, -0.15) is 8.42 Å². The maximum Gasteiger partial charge on any atom is 0.352 e. The molecular weight excluding hydrogens is 382 g/mol. The first kappa shape index (κ1) is 21.2. The molecule has 1 aromatic heterocycles. The first-order valence-corrected chi connectivity index (χ1v) is 9.27. The van der Waals surface area contributed by atoms with Crippen LogP contribution < -0.4 is 9.47 Å². The van der Waals surface area contributed by atoms with Crippen LogP contribution in [0.5, 0.6) is 17.2 Å². The Bertz CT molecular complexity index is 990. The van der Waals surface area contributed by atoms with Gasteiger partial charge in [0.15, 0.2) is 0 Å². The van der Waals surface area contributed by atoms with Crippen LogP contribution in [0, 0.1) is 6.92 Å². The molecular formula is C20H21NO6S. The normalized spacial score (nSPS) is 11.2. The molecule has 2 aromatic carbocycles. The maximum atomic E-state index is 11.3. The third-order valence-electron chi connectivity index (χ3n) is 4.06. The monoisotopic (exact) mass is 403 g/mol. The van der Waals surface area contributed by atoms with Crippen molar-refractivity contribution >= 4 is 28.4 Å². The average Bonchev–Trinajstić information content (AvgIpc) is 3.09. The number of hydrogen-bond acceptors (Lipinski definition) is 5. The van der Waals surface area contributed by atoms with E-state index in [1.807, 2.05) is 51.1 Å². The number of aromatic amines is 1. The smallest absolute Gasteiger partial charge is 0.352 e. The van der Waals surface area contributed by atoms with Crippen LogP contribution in [0.25, 0.3) is 10.9 Å². The van der Waals surface area contributed by atoms with Gasteiger partial charge in [-0.3, -0.25) is 0 Å². The van der Waals surface area contributed by atoms with Gasteiger partial charge in [-0.15, -0.1) is 0 Å². The predicted molar refractivity (Wildman–Crippen MR) is 106 cm³/mol. The number of aromatic nitrogens is 1. The average molecular weight is 403 g/mol. The Morgan fingerprint density at radius 2 is 1.79 bits per heavy atom. The molecule has 0 radical (unpaired) electrons. The predicted octanol–water partition coefficient (Wildman–Crippen LogP) is 4.47. The van der Waals surface area contributed by atoms with Crippen molar-refractivity contribution in [1.82, 2.24) is 4.98 Å². The van der Waals surface area contributed by atoms with E-state index in [1.54, 1.807) is 12.1 Å².